The number of pyridine rings is 1. The third-order valence-corrected chi connectivity index (χ3v) is 2.77. The zero-order chi connectivity index (χ0) is 14.5. The number of phenols is 1. The van der Waals surface area contributed by atoms with E-state index in [0.29, 0.717) is 23.7 Å². The number of aromatic nitrogens is 1. The molecule has 1 amide bonds. The van der Waals surface area contributed by atoms with E-state index >= 15 is 0 Å². The van der Waals surface area contributed by atoms with Crippen LogP contribution in [0.3, 0.4) is 0 Å². The number of anilines is 1. The molecule has 0 saturated heterocycles. The number of phenolic OH excluding ortho intramolecular Hbond substituents is 1. The number of nitrogens with zero attached hydrogens (tertiary/aromatic N) is 1. The van der Waals surface area contributed by atoms with Crippen LogP contribution < -0.4 is 10.1 Å². The Bertz CT molecular complexity index is 609. The van der Waals surface area contributed by atoms with E-state index in [1.165, 1.54) is 6.20 Å². The first-order valence-electron chi connectivity index (χ1n) is 6.30. The number of rotatable bonds is 4. The summed E-state index contributed by atoms with van der Waals surface area (Å²) >= 11 is 0. The summed E-state index contributed by atoms with van der Waals surface area (Å²) in [5.74, 6) is 0.116. The second-order valence-electron chi connectivity index (χ2n) is 4.24. The van der Waals surface area contributed by atoms with Gasteiger partial charge in [-0.25, -0.2) is 4.98 Å². The summed E-state index contributed by atoms with van der Waals surface area (Å²) in [4.78, 5) is 16.1. The van der Waals surface area contributed by atoms with Crippen LogP contribution in [0.4, 0.5) is 5.69 Å². The molecule has 0 aliphatic heterocycles. The number of ether oxygens (including phenoxy) is 1. The minimum atomic E-state index is -0.378. The zero-order valence-electron chi connectivity index (χ0n) is 11.4. The Balaban J connectivity index is 2.13. The largest absolute Gasteiger partial charge is 0.507 e. The molecular formula is C15H16N2O3. The van der Waals surface area contributed by atoms with Crippen LogP contribution >= 0.6 is 0 Å². The second kappa shape index (κ2) is 6.06. The Kier molecular flexibility index (Phi) is 4.20. The van der Waals surface area contributed by atoms with E-state index in [0.717, 1.165) is 0 Å². The summed E-state index contributed by atoms with van der Waals surface area (Å²) < 4.78 is 5.22. The Labute approximate surface area is 117 Å². The summed E-state index contributed by atoms with van der Waals surface area (Å²) in [7, 11) is 0. The van der Waals surface area contributed by atoms with Gasteiger partial charge in [-0.15, -0.1) is 0 Å². The van der Waals surface area contributed by atoms with E-state index in [9.17, 15) is 9.90 Å². The van der Waals surface area contributed by atoms with Crippen molar-refractivity contribution in [2.24, 2.45) is 0 Å². The minimum Gasteiger partial charge on any atom is -0.507 e. The summed E-state index contributed by atoms with van der Waals surface area (Å²) in [5.41, 5.74) is 1.43. The number of carbonyl (C=O) groups is 1. The lowest BCUT2D eigenvalue weighted by Crippen LogP contribution is -2.12. The van der Waals surface area contributed by atoms with Crippen molar-refractivity contribution in [3.63, 3.8) is 0 Å². The van der Waals surface area contributed by atoms with Gasteiger partial charge < -0.3 is 15.2 Å². The number of para-hydroxylation sites is 1. The third kappa shape index (κ3) is 3.06. The highest BCUT2D eigenvalue weighted by Gasteiger charge is 2.12. The molecule has 0 unspecified atom stereocenters. The molecule has 104 valence electrons. The topological polar surface area (TPSA) is 71.5 Å². The summed E-state index contributed by atoms with van der Waals surface area (Å²) in [6, 6.07) is 8.41. The number of nitrogens with one attached hydrogen (secondary N) is 1. The van der Waals surface area contributed by atoms with Crippen LogP contribution in [0.15, 0.2) is 36.5 Å². The molecular weight excluding hydrogens is 256 g/mol. The molecule has 0 saturated carbocycles. The van der Waals surface area contributed by atoms with Gasteiger partial charge in [-0.2, -0.15) is 0 Å². The monoisotopic (exact) mass is 272 g/mol. The van der Waals surface area contributed by atoms with E-state index in [4.69, 9.17) is 4.74 Å². The van der Waals surface area contributed by atoms with E-state index < -0.39 is 0 Å². The zero-order valence-corrected chi connectivity index (χ0v) is 11.4. The van der Waals surface area contributed by atoms with Gasteiger partial charge in [0.05, 0.1) is 24.1 Å². The highest BCUT2D eigenvalue weighted by molar-refractivity contribution is 6.06. The Morgan fingerprint density at radius 3 is 2.80 bits per heavy atom. The van der Waals surface area contributed by atoms with Crippen LogP contribution in [0, 0.1) is 6.92 Å². The molecule has 1 heterocycles. The number of amides is 1. The number of aromatic hydroxyl groups is 1. The van der Waals surface area contributed by atoms with Crippen molar-refractivity contribution in [3.8, 4) is 11.6 Å². The number of hydrogen-bond acceptors (Lipinski definition) is 4. The molecule has 2 rings (SSSR count). The molecule has 0 radical (unpaired) electrons. The Morgan fingerprint density at radius 1 is 1.35 bits per heavy atom. The van der Waals surface area contributed by atoms with Crippen molar-refractivity contribution in [1.29, 1.82) is 0 Å². The number of hydrogen-bond donors (Lipinski definition) is 2. The fourth-order valence-corrected chi connectivity index (χ4v) is 1.73. The molecule has 1 aromatic heterocycles. The lowest BCUT2D eigenvalue weighted by molar-refractivity contribution is 0.102. The molecule has 0 atom stereocenters. The van der Waals surface area contributed by atoms with Gasteiger partial charge in [0.15, 0.2) is 0 Å². The SMILES string of the molecule is CCOc1ccc(NC(=O)c2cccc(C)c2O)cn1. The van der Waals surface area contributed by atoms with Crippen LogP contribution in [0.5, 0.6) is 11.6 Å². The molecule has 1 aromatic carbocycles. The molecule has 0 fully saturated rings. The van der Waals surface area contributed by atoms with Crippen LogP contribution in [0.25, 0.3) is 0 Å². The first-order valence-corrected chi connectivity index (χ1v) is 6.30. The normalized spacial score (nSPS) is 10.1. The molecule has 0 spiro atoms. The molecule has 20 heavy (non-hydrogen) atoms. The van der Waals surface area contributed by atoms with Gasteiger partial charge in [-0.1, -0.05) is 12.1 Å². The fourth-order valence-electron chi connectivity index (χ4n) is 1.73. The molecule has 5 heteroatoms. The molecule has 0 aliphatic rings. The van der Waals surface area contributed by atoms with Gasteiger partial charge in [-0.3, -0.25) is 4.79 Å². The fraction of sp³-hybridized carbons (Fsp3) is 0.200. The maximum absolute atomic E-state index is 12.1. The smallest absolute Gasteiger partial charge is 0.259 e. The maximum atomic E-state index is 12.1. The Morgan fingerprint density at radius 2 is 2.15 bits per heavy atom. The molecule has 0 aliphatic carbocycles. The average molecular weight is 272 g/mol. The van der Waals surface area contributed by atoms with Crippen molar-refractivity contribution in [2.75, 3.05) is 11.9 Å². The van der Waals surface area contributed by atoms with Crippen LogP contribution in [-0.2, 0) is 0 Å². The van der Waals surface area contributed by atoms with Crippen LogP contribution in [0.2, 0.25) is 0 Å². The van der Waals surface area contributed by atoms with Crippen molar-refractivity contribution in [2.45, 2.75) is 13.8 Å². The van der Waals surface area contributed by atoms with Gasteiger partial charge in [0.2, 0.25) is 5.88 Å². The van der Waals surface area contributed by atoms with E-state index in [2.05, 4.69) is 10.3 Å². The molecule has 0 bridgehead atoms. The summed E-state index contributed by atoms with van der Waals surface area (Å²) in [6.07, 6.45) is 1.51. The van der Waals surface area contributed by atoms with Gasteiger partial charge in [0.1, 0.15) is 5.75 Å². The van der Waals surface area contributed by atoms with E-state index in [1.54, 1.807) is 37.3 Å². The first kappa shape index (κ1) is 13.9. The van der Waals surface area contributed by atoms with Crippen LogP contribution in [-0.4, -0.2) is 22.6 Å². The standard InChI is InChI=1S/C15H16N2O3/c1-3-20-13-8-7-11(9-16-13)17-15(19)12-6-4-5-10(2)14(12)18/h4-9,18H,3H2,1-2H3,(H,17,19). The van der Waals surface area contributed by atoms with Crippen molar-refractivity contribution in [3.05, 3.63) is 47.7 Å². The quantitative estimate of drug-likeness (QED) is 0.897. The highest BCUT2D eigenvalue weighted by Crippen LogP contribution is 2.22. The van der Waals surface area contributed by atoms with Gasteiger partial charge in [0.25, 0.3) is 5.91 Å². The summed E-state index contributed by atoms with van der Waals surface area (Å²) in [5, 5.41) is 12.5. The van der Waals surface area contributed by atoms with Crippen molar-refractivity contribution >= 4 is 11.6 Å². The predicted molar refractivity (Wildman–Crippen MR) is 76.2 cm³/mol. The lowest BCUT2D eigenvalue weighted by atomic mass is 10.1. The Hall–Kier alpha value is -2.56. The summed E-state index contributed by atoms with van der Waals surface area (Å²) in [6.45, 7) is 4.15. The lowest BCUT2D eigenvalue weighted by Gasteiger charge is -2.08. The average Bonchev–Trinajstić information content (AvgIpc) is 2.44. The van der Waals surface area contributed by atoms with Crippen LogP contribution in [0.1, 0.15) is 22.8 Å². The highest BCUT2D eigenvalue weighted by atomic mass is 16.5. The second-order valence-corrected chi connectivity index (χ2v) is 4.24. The van der Waals surface area contributed by atoms with E-state index in [-0.39, 0.29) is 17.2 Å². The van der Waals surface area contributed by atoms with Gasteiger partial charge in [0, 0.05) is 6.07 Å². The number of benzene rings is 1. The van der Waals surface area contributed by atoms with Gasteiger partial charge >= 0.3 is 0 Å². The minimum absolute atomic E-state index is 0.0103. The first-order chi connectivity index (χ1) is 9.61. The number of carbonyl (C=O) groups excluding carboxylic acids is 1. The predicted octanol–water partition coefficient (Wildman–Crippen LogP) is 2.75. The molecule has 5 nitrogen and oxygen atoms in total. The molecule has 2 aromatic rings. The third-order valence-electron chi connectivity index (χ3n) is 2.77. The van der Waals surface area contributed by atoms with Gasteiger partial charge in [-0.05, 0) is 31.5 Å². The van der Waals surface area contributed by atoms with Crippen molar-refractivity contribution in [1.82, 2.24) is 4.98 Å². The maximum Gasteiger partial charge on any atom is 0.259 e. The number of aryl methyl sites for hydroxylation is 1. The van der Waals surface area contributed by atoms with Crippen molar-refractivity contribution < 1.29 is 14.6 Å². The molecule has 2 N–H and O–H groups in total. The van der Waals surface area contributed by atoms with E-state index in [1.807, 2.05) is 6.92 Å².